The molecule has 1 aromatic rings. The number of benzene rings is 1. The van der Waals surface area contributed by atoms with Crippen LogP contribution in [0.25, 0.3) is 0 Å². The standard InChI is InChI=1S/C11H13BrClNO3/c1-17-6-10(5-15)14-11(16)7-2-8(12)4-9(13)3-7/h2-4,10,15H,5-6H2,1H3,(H,14,16). The predicted molar refractivity (Wildman–Crippen MR) is 69.4 cm³/mol. The fourth-order valence-electron chi connectivity index (χ4n) is 1.29. The molecule has 1 atom stereocenters. The zero-order valence-electron chi connectivity index (χ0n) is 9.24. The summed E-state index contributed by atoms with van der Waals surface area (Å²) >= 11 is 9.10. The molecule has 0 saturated carbocycles. The van der Waals surface area contributed by atoms with Crippen molar-refractivity contribution in [3.8, 4) is 0 Å². The molecule has 0 fully saturated rings. The largest absolute Gasteiger partial charge is 0.394 e. The van der Waals surface area contributed by atoms with Gasteiger partial charge >= 0.3 is 0 Å². The maximum absolute atomic E-state index is 11.8. The summed E-state index contributed by atoms with van der Waals surface area (Å²) in [5.41, 5.74) is 0.430. The van der Waals surface area contributed by atoms with E-state index in [1.54, 1.807) is 18.2 Å². The number of rotatable bonds is 5. The minimum absolute atomic E-state index is 0.179. The fourth-order valence-corrected chi connectivity index (χ4v) is 2.15. The summed E-state index contributed by atoms with van der Waals surface area (Å²) in [6.07, 6.45) is 0. The van der Waals surface area contributed by atoms with E-state index in [4.69, 9.17) is 21.4 Å². The number of ether oxygens (including phenoxy) is 1. The molecular weight excluding hydrogens is 309 g/mol. The molecule has 1 amide bonds. The number of hydrogen-bond donors (Lipinski definition) is 2. The molecule has 4 nitrogen and oxygen atoms in total. The van der Waals surface area contributed by atoms with Crippen molar-refractivity contribution in [1.82, 2.24) is 5.32 Å². The maximum atomic E-state index is 11.8. The first-order valence-electron chi connectivity index (χ1n) is 4.93. The Morgan fingerprint density at radius 3 is 2.82 bits per heavy atom. The van der Waals surface area contributed by atoms with Gasteiger partial charge in [0.05, 0.1) is 19.3 Å². The SMILES string of the molecule is COCC(CO)NC(=O)c1cc(Cl)cc(Br)c1. The van der Waals surface area contributed by atoms with Gasteiger partial charge < -0.3 is 15.2 Å². The lowest BCUT2D eigenvalue weighted by atomic mass is 10.2. The van der Waals surface area contributed by atoms with E-state index in [0.29, 0.717) is 10.6 Å². The molecule has 0 heterocycles. The Kier molecular flexibility index (Phi) is 5.91. The number of nitrogens with one attached hydrogen (secondary N) is 1. The van der Waals surface area contributed by atoms with Gasteiger partial charge in [0.1, 0.15) is 0 Å². The van der Waals surface area contributed by atoms with Gasteiger partial charge in [-0.1, -0.05) is 27.5 Å². The zero-order valence-corrected chi connectivity index (χ0v) is 11.6. The van der Waals surface area contributed by atoms with Crippen molar-refractivity contribution in [1.29, 1.82) is 0 Å². The van der Waals surface area contributed by atoms with E-state index in [2.05, 4.69) is 21.2 Å². The minimum atomic E-state index is -0.426. The van der Waals surface area contributed by atoms with Crippen molar-refractivity contribution < 1.29 is 14.6 Å². The molecule has 1 aromatic carbocycles. The maximum Gasteiger partial charge on any atom is 0.251 e. The number of halogens is 2. The van der Waals surface area contributed by atoms with Crippen molar-refractivity contribution in [3.05, 3.63) is 33.3 Å². The molecule has 0 bridgehead atoms. The van der Waals surface area contributed by atoms with E-state index in [-0.39, 0.29) is 19.1 Å². The van der Waals surface area contributed by atoms with Crippen LogP contribution in [0.1, 0.15) is 10.4 Å². The van der Waals surface area contributed by atoms with Crippen LogP contribution in [0.4, 0.5) is 0 Å². The van der Waals surface area contributed by atoms with Gasteiger partial charge in [-0.15, -0.1) is 0 Å². The first kappa shape index (κ1) is 14.4. The average Bonchev–Trinajstić information content (AvgIpc) is 2.27. The van der Waals surface area contributed by atoms with Crippen molar-refractivity contribution in [2.24, 2.45) is 0 Å². The molecule has 0 aliphatic carbocycles. The van der Waals surface area contributed by atoms with Crippen LogP contribution in [0.15, 0.2) is 22.7 Å². The van der Waals surface area contributed by atoms with Crippen molar-refractivity contribution in [2.75, 3.05) is 20.3 Å². The summed E-state index contributed by atoms with van der Waals surface area (Å²) in [6.45, 7) is 0.0747. The van der Waals surface area contributed by atoms with E-state index in [0.717, 1.165) is 4.47 Å². The van der Waals surface area contributed by atoms with Crippen LogP contribution < -0.4 is 5.32 Å². The lowest BCUT2D eigenvalue weighted by Crippen LogP contribution is -2.40. The van der Waals surface area contributed by atoms with Crippen LogP contribution in [0.5, 0.6) is 0 Å². The van der Waals surface area contributed by atoms with E-state index >= 15 is 0 Å². The van der Waals surface area contributed by atoms with Gasteiger partial charge in [-0.2, -0.15) is 0 Å². The van der Waals surface area contributed by atoms with Gasteiger partial charge in [-0.05, 0) is 18.2 Å². The van der Waals surface area contributed by atoms with E-state index < -0.39 is 6.04 Å². The van der Waals surface area contributed by atoms with E-state index in [1.165, 1.54) is 7.11 Å². The highest BCUT2D eigenvalue weighted by Crippen LogP contribution is 2.19. The van der Waals surface area contributed by atoms with Gasteiger partial charge in [-0.25, -0.2) is 0 Å². The first-order valence-corrected chi connectivity index (χ1v) is 6.10. The van der Waals surface area contributed by atoms with Crippen molar-refractivity contribution in [2.45, 2.75) is 6.04 Å². The molecule has 17 heavy (non-hydrogen) atoms. The Labute approximate surface area is 113 Å². The summed E-state index contributed by atoms with van der Waals surface area (Å²) in [7, 11) is 1.50. The third-order valence-electron chi connectivity index (χ3n) is 2.05. The highest BCUT2D eigenvalue weighted by Gasteiger charge is 2.13. The van der Waals surface area contributed by atoms with Gasteiger partial charge in [0.15, 0.2) is 0 Å². The van der Waals surface area contributed by atoms with Crippen LogP contribution in [0.3, 0.4) is 0 Å². The highest BCUT2D eigenvalue weighted by atomic mass is 79.9. The van der Waals surface area contributed by atoms with Gasteiger partial charge in [-0.3, -0.25) is 4.79 Å². The van der Waals surface area contributed by atoms with Crippen LogP contribution in [-0.2, 0) is 4.74 Å². The smallest absolute Gasteiger partial charge is 0.251 e. The van der Waals surface area contributed by atoms with Crippen LogP contribution in [-0.4, -0.2) is 37.4 Å². The van der Waals surface area contributed by atoms with E-state index in [1.807, 2.05) is 0 Å². The molecule has 0 aliphatic heterocycles. The lowest BCUT2D eigenvalue weighted by molar-refractivity contribution is 0.0839. The predicted octanol–water partition coefficient (Wildman–Crippen LogP) is 1.84. The highest BCUT2D eigenvalue weighted by molar-refractivity contribution is 9.10. The van der Waals surface area contributed by atoms with Crippen molar-refractivity contribution in [3.63, 3.8) is 0 Å². The van der Waals surface area contributed by atoms with Gasteiger partial charge in [0, 0.05) is 22.2 Å². The Hall–Kier alpha value is -0.620. The number of methoxy groups -OCH3 is 1. The zero-order chi connectivity index (χ0) is 12.8. The summed E-state index contributed by atoms with van der Waals surface area (Å²) in [5, 5.41) is 12.1. The summed E-state index contributed by atoms with van der Waals surface area (Å²) in [6, 6.07) is 4.48. The van der Waals surface area contributed by atoms with Gasteiger partial charge in [0.2, 0.25) is 0 Å². The fraction of sp³-hybridized carbons (Fsp3) is 0.364. The van der Waals surface area contributed by atoms with Crippen LogP contribution in [0.2, 0.25) is 5.02 Å². The quantitative estimate of drug-likeness (QED) is 0.869. The molecule has 1 unspecified atom stereocenters. The second kappa shape index (κ2) is 6.96. The molecule has 2 N–H and O–H groups in total. The van der Waals surface area contributed by atoms with Crippen LogP contribution in [0, 0.1) is 0 Å². The Balaban J connectivity index is 2.75. The number of hydrogen-bond acceptors (Lipinski definition) is 3. The number of aliphatic hydroxyl groups is 1. The van der Waals surface area contributed by atoms with Crippen LogP contribution >= 0.6 is 27.5 Å². The molecule has 0 aliphatic rings. The summed E-state index contributed by atoms with van der Waals surface area (Å²) in [5.74, 6) is -0.302. The molecule has 0 spiro atoms. The number of aliphatic hydroxyl groups excluding tert-OH is 1. The average molecular weight is 323 g/mol. The normalized spacial score (nSPS) is 12.2. The topological polar surface area (TPSA) is 58.6 Å². The number of amides is 1. The monoisotopic (exact) mass is 321 g/mol. The third-order valence-corrected chi connectivity index (χ3v) is 2.72. The molecule has 0 saturated heterocycles. The number of carbonyl (C=O) groups excluding carboxylic acids is 1. The van der Waals surface area contributed by atoms with Crippen molar-refractivity contribution >= 4 is 33.4 Å². The second-order valence-corrected chi connectivity index (χ2v) is 4.82. The third kappa shape index (κ3) is 4.63. The Morgan fingerprint density at radius 2 is 2.29 bits per heavy atom. The molecule has 6 heteroatoms. The second-order valence-electron chi connectivity index (χ2n) is 3.47. The Bertz CT molecular complexity index is 380. The first-order chi connectivity index (χ1) is 8.06. The summed E-state index contributed by atoms with van der Waals surface area (Å²) in [4.78, 5) is 11.8. The van der Waals surface area contributed by atoms with Gasteiger partial charge in [0.25, 0.3) is 5.91 Å². The summed E-state index contributed by atoms with van der Waals surface area (Å²) < 4.78 is 5.59. The molecule has 0 aromatic heterocycles. The molecule has 0 radical (unpaired) electrons. The molecule has 94 valence electrons. The minimum Gasteiger partial charge on any atom is -0.394 e. The lowest BCUT2D eigenvalue weighted by Gasteiger charge is -2.15. The molecular formula is C11H13BrClNO3. The number of carbonyl (C=O) groups is 1. The molecule has 1 rings (SSSR count). The Morgan fingerprint density at radius 1 is 1.59 bits per heavy atom. The van der Waals surface area contributed by atoms with E-state index in [9.17, 15) is 4.79 Å².